The normalized spacial score (nSPS) is 30.2. The van der Waals surface area contributed by atoms with Gasteiger partial charge in [-0.15, -0.1) is 0 Å². The molecule has 2 rings (SSSR count). The summed E-state index contributed by atoms with van der Waals surface area (Å²) in [6.45, 7) is 2.38. The quantitative estimate of drug-likeness (QED) is 0.763. The zero-order chi connectivity index (χ0) is 12.3. The summed E-state index contributed by atoms with van der Waals surface area (Å²) in [6.07, 6.45) is -1.93. The van der Waals surface area contributed by atoms with Crippen LogP contribution in [0.5, 0.6) is 0 Å². The standard InChI is InChI=1S/C11H19F3N2O/c12-11(13,14)10-8-15-4-1-5-16(10)9-2-6-17-7-3-9/h9-10,15H,1-8H2. The number of hydrogen-bond acceptors (Lipinski definition) is 3. The summed E-state index contributed by atoms with van der Waals surface area (Å²) in [5.41, 5.74) is 0. The predicted octanol–water partition coefficient (Wildman–Crippen LogP) is 1.39. The van der Waals surface area contributed by atoms with Crippen LogP contribution in [0.1, 0.15) is 19.3 Å². The maximum Gasteiger partial charge on any atom is 0.405 e. The highest BCUT2D eigenvalue weighted by atomic mass is 19.4. The van der Waals surface area contributed by atoms with Gasteiger partial charge in [0.1, 0.15) is 6.04 Å². The van der Waals surface area contributed by atoms with Gasteiger partial charge in [0.2, 0.25) is 0 Å². The number of halogens is 3. The Morgan fingerprint density at radius 1 is 1.18 bits per heavy atom. The van der Waals surface area contributed by atoms with E-state index in [9.17, 15) is 13.2 Å². The van der Waals surface area contributed by atoms with Crippen molar-refractivity contribution in [2.24, 2.45) is 0 Å². The molecule has 6 heteroatoms. The minimum absolute atomic E-state index is 0.0147. The Bertz CT molecular complexity index is 241. The highest BCUT2D eigenvalue weighted by Crippen LogP contribution is 2.29. The van der Waals surface area contributed by atoms with E-state index >= 15 is 0 Å². The summed E-state index contributed by atoms with van der Waals surface area (Å²) in [6, 6.07) is -1.32. The first kappa shape index (κ1) is 13.1. The topological polar surface area (TPSA) is 24.5 Å². The minimum Gasteiger partial charge on any atom is -0.381 e. The van der Waals surface area contributed by atoms with Crippen molar-refractivity contribution in [3.8, 4) is 0 Å². The van der Waals surface area contributed by atoms with Crippen molar-refractivity contribution >= 4 is 0 Å². The van der Waals surface area contributed by atoms with Gasteiger partial charge in [0.15, 0.2) is 0 Å². The van der Waals surface area contributed by atoms with Crippen LogP contribution in [-0.2, 0) is 4.74 Å². The van der Waals surface area contributed by atoms with E-state index in [4.69, 9.17) is 4.74 Å². The fourth-order valence-corrected chi connectivity index (χ4v) is 2.66. The SMILES string of the molecule is FC(F)(F)C1CNCCCN1C1CCOCC1. The molecule has 0 saturated carbocycles. The Morgan fingerprint density at radius 2 is 1.88 bits per heavy atom. The lowest BCUT2D eigenvalue weighted by molar-refractivity contribution is -0.190. The van der Waals surface area contributed by atoms with Crippen molar-refractivity contribution in [2.45, 2.75) is 37.5 Å². The Kier molecular flexibility index (Phi) is 4.27. The number of ether oxygens (including phenoxy) is 1. The molecule has 0 aliphatic carbocycles. The second-order valence-corrected chi connectivity index (χ2v) is 4.70. The molecule has 0 bridgehead atoms. The molecule has 2 aliphatic heterocycles. The first-order valence-corrected chi connectivity index (χ1v) is 6.20. The van der Waals surface area contributed by atoms with Gasteiger partial charge in [-0.2, -0.15) is 13.2 Å². The highest BCUT2D eigenvalue weighted by Gasteiger charge is 2.45. The van der Waals surface area contributed by atoms with Crippen LogP contribution < -0.4 is 5.32 Å². The second-order valence-electron chi connectivity index (χ2n) is 4.70. The average Bonchev–Trinajstić information content (AvgIpc) is 2.54. The van der Waals surface area contributed by atoms with Crippen LogP contribution in [0.25, 0.3) is 0 Å². The van der Waals surface area contributed by atoms with E-state index in [1.807, 2.05) is 0 Å². The van der Waals surface area contributed by atoms with Gasteiger partial charge in [-0.3, -0.25) is 4.90 Å². The monoisotopic (exact) mass is 252 g/mol. The molecule has 0 aromatic rings. The van der Waals surface area contributed by atoms with E-state index in [1.54, 1.807) is 4.90 Å². The summed E-state index contributed by atoms with van der Waals surface area (Å²) in [5, 5.41) is 2.88. The Hall–Kier alpha value is -0.330. The number of alkyl halides is 3. The van der Waals surface area contributed by atoms with Crippen LogP contribution in [0.15, 0.2) is 0 Å². The molecule has 0 aromatic carbocycles. The molecule has 2 saturated heterocycles. The van der Waals surface area contributed by atoms with Gasteiger partial charge in [0.05, 0.1) is 0 Å². The van der Waals surface area contributed by atoms with Crippen molar-refractivity contribution in [3.05, 3.63) is 0 Å². The van der Waals surface area contributed by atoms with Gasteiger partial charge in [0.25, 0.3) is 0 Å². The lowest BCUT2D eigenvalue weighted by Crippen LogP contribution is -2.54. The zero-order valence-electron chi connectivity index (χ0n) is 9.80. The van der Waals surface area contributed by atoms with Crippen LogP contribution >= 0.6 is 0 Å². The van der Waals surface area contributed by atoms with Crippen molar-refractivity contribution in [3.63, 3.8) is 0 Å². The lowest BCUT2D eigenvalue weighted by Gasteiger charge is -2.39. The fourth-order valence-electron chi connectivity index (χ4n) is 2.66. The third kappa shape index (κ3) is 3.33. The Morgan fingerprint density at radius 3 is 2.53 bits per heavy atom. The molecule has 1 N–H and O–H groups in total. The second kappa shape index (κ2) is 5.54. The van der Waals surface area contributed by atoms with Gasteiger partial charge in [0, 0.05) is 32.3 Å². The first-order chi connectivity index (χ1) is 8.09. The molecule has 1 unspecified atom stereocenters. The summed E-state index contributed by atoms with van der Waals surface area (Å²) in [4.78, 5) is 1.64. The van der Waals surface area contributed by atoms with Gasteiger partial charge >= 0.3 is 6.18 Å². The molecule has 0 spiro atoms. The average molecular weight is 252 g/mol. The van der Waals surface area contributed by atoms with Crippen LogP contribution in [0.4, 0.5) is 13.2 Å². The van der Waals surface area contributed by atoms with Crippen LogP contribution in [-0.4, -0.2) is 56.0 Å². The maximum atomic E-state index is 13.0. The summed E-state index contributed by atoms with van der Waals surface area (Å²) < 4.78 is 44.3. The molecule has 2 fully saturated rings. The third-order valence-electron chi connectivity index (χ3n) is 3.55. The van der Waals surface area contributed by atoms with E-state index in [1.165, 1.54) is 0 Å². The smallest absolute Gasteiger partial charge is 0.381 e. The van der Waals surface area contributed by atoms with Gasteiger partial charge in [-0.25, -0.2) is 0 Å². The highest BCUT2D eigenvalue weighted by molar-refractivity contribution is 4.88. The van der Waals surface area contributed by atoms with Crippen molar-refractivity contribution in [1.82, 2.24) is 10.2 Å². The molecule has 0 radical (unpaired) electrons. The summed E-state index contributed by atoms with van der Waals surface area (Å²) in [5.74, 6) is 0. The van der Waals surface area contributed by atoms with E-state index in [2.05, 4.69) is 5.32 Å². The van der Waals surface area contributed by atoms with E-state index in [0.29, 0.717) is 39.1 Å². The summed E-state index contributed by atoms with van der Waals surface area (Å²) >= 11 is 0. The molecule has 17 heavy (non-hydrogen) atoms. The largest absolute Gasteiger partial charge is 0.405 e. The predicted molar refractivity (Wildman–Crippen MR) is 57.9 cm³/mol. The molecule has 0 aromatic heterocycles. The number of hydrogen-bond donors (Lipinski definition) is 1. The van der Waals surface area contributed by atoms with Crippen LogP contribution in [0.2, 0.25) is 0 Å². The Balaban J connectivity index is 2.07. The van der Waals surface area contributed by atoms with E-state index in [-0.39, 0.29) is 12.6 Å². The first-order valence-electron chi connectivity index (χ1n) is 6.20. The zero-order valence-corrected chi connectivity index (χ0v) is 9.80. The van der Waals surface area contributed by atoms with E-state index < -0.39 is 12.2 Å². The molecule has 1 atom stereocenters. The van der Waals surface area contributed by atoms with E-state index in [0.717, 1.165) is 6.42 Å². The van der Waals surface area contributed by atoms with Gasteiger partial charge in [-0.05, 0) is 25.8 Å². The van der Waals surface area contributed by atoms with Gasteiger partial charge < -0.3 is 10.1 Å². The molecular weight excluding hydrogens is 233 g/mol. The van der Waals surface area contributed by atoms with Crippen molar-refractivity contribution in [2.75, 3.05) is 32.8 Å². The summed E-state index contributed by atoms with van der Waals surface area (Å²) in [7, 11) is 0. The minimum atomic E-state index is -4.14. The van der Waals surface area contributed by atoms with Crippen molar-refractivity contribution in [1.29, 1.82) is 0 Å². The third-order valence-corrected chi connectivity index (χ3v) is 3.55. The van der Waals surface area contributed by atoms with Crippen LogP contribution in [0.3, 0.4) is 0 Å². The number of nitrogens with zero attached hydrogens (tertiary/aromatic N) is 1. The molecule has 2 heterocycles. The Labute approximate surface area is 99.3 Å². The molecule has 2 aliphatic rings. The number of rotatable bonds is 1. The molecule has 0 amide bonds. The molecule has 3 nitrogen and oxygen atoms in total. The van der Waals surface area contributed by atoms with Gasteiger partial charge in [-0.1, -0.05) is 0 Å². The van der Waals surface area contributed by atoms with Crippen molar-refractivity contribution < 1.29 is 17.9 Å². The molecule has 100 valence electrons. The molecular formula is C11H19F3N2O. The maximum absolute atomic E-state index is 13.0. The number of nitrogens with one attached hydrogen (secondary N) is 1. The fraction of sp³-hybridized carbons (Fsp3) is 1.00. The lowest BCUT2D eigenvalue weighted by atomic mass is 10.0. The van der Waals surface area contributed by atoms with Crippen LogP contribution in [0, 0.1) is 0 Å².